The van der Waals surface area contributed by atoms with E-state index in [0.29, 0.717) is 37.9 Å². The molecule has 3 aromatic rings. The fourth-order valence-corrected chi connectivity index (χ4v) is 6.76. The van der Waals surface area contributed by atoms with Gasteiger partial charge in [-0.1, -0.05) is 57.2 Å². The van der Waals surface area contributed by atoms with Crippen molar-refractivity contribution in [3.63, 3.8) is 0 Å². The van der Waals surface area contributed by atoms with Crippen LogP contribution >= 0.6 is 0 Å². The van der Waals surface area contributed by atoms with Crippen molar-refractivity contribution in [3.8, 4) is 11.4 Å². The van der Waals surface area contributed by atoms with E-state index < -0.39 is 23.1 Å². The number of hydrogen-bond donors (Lipinski definition) is 1. The van der Waals surface area contributed by atoms with Crippen LogP contribution in [0.5, 0.6) is 0 Å². The summed E-state index contributed by atoms with van der Waals surface area (Å²) in [7, 11) is 0. The van der Waals surface area contributed by atoms with Crippen LogP contribution in [0.1, 0.15) is 58.5 Å². The molecule has 242 valence electrons. The average Bonchev–Trinajstić information content (AvgIpc) is 3.59. The molecule has 5 atom stereocenters. The molecule has 0 aliphatic carbocycles. The summed E-state index contributed by atoms with van der Waals surface area (Å²) < 4.78 is 37.2. The standard InChI is InChI=1S/C35H46F2N6O2/c1-7-11-26-17-38-18-27(26)22-42(34(44)41-19-23(2)45-24(3)20-41)31(35(4,5)6)33-39-32(29-16-28(36)14-15-30(29)37)40-43(33)21-25-12-9-8-10-13-25/h7-10,12-16,23-24,26-27,31,38H,1,11,17-22H2,2-6H3/t23-,24+,26-,27-,31-/m0/s1. The van der Waals surface area contributed by atoms with Gasteiger partial charge in [-0.25, -0.2) is 23.2 Å². The van der Waals surface area contributed by atoms with Gasteiger partial charge in [-0.15, -0.1) is 6.58 Å². The van der Waals surface area contributed by atoms with Crippen molar-refractivity contribution in [3.05, 3.63) is 84.2 Å². The topological polar surface area (TPSA) is 75.5 Å². The molecule has 2 aromatic carbocycles. The van der Waals surface area contributed by atoms with Gasteiger partial charge in [-0.05, 0) is 74.4 Å². The lowest BCUT2D eigenvalue weighted by atomic mass is 9.83. The molecular formula is C35H46F2N6O2. The number of morpholine rings is 1. The van der Waals surface area contributed by atoms with Crippen molar-refractivity contribution < 1.29 is 18.3 Å². The lowest BCUT2D eigenvalue weighted by Crippen LogP contribution is -2.56. The zero-order chi connectivity index (χ0) is 32.3. The first-order valence-electron chi connectivity index (χ1n) is 15.9. The average molecular weight is 621 g/mol. The van der Waals surface area contributed by atoms with E-state index in [1.165, 1.54) is 0 Å². The molecule has 2 amide bonds. The zero-order valence-corrected chi connectivity index (χ0v) is 27.0. The Morgan fingerprint density at radius 1 is 1.11 bits per heavy atom. The van der Waals surface area contributed by atoms with Crippen LogP contribution in [0.4, 0.5) is 13.6 Å². The third kappa shape index (κ3) is 7.61. The normalized spacial score (nSPS) is 22.8. The monoisotopic (exact) mass is 620 g/mol. The summed E-state index contributed by atoms with van der Waals surface area (Å²) >= 11 is 0. The predicted molar refractivity (Wildman–Crippen MR) is 171 cm³/mol. The van der Waals surface area contributed by atoms with E-state index in [9.17, 15) is 9.18 Å². The predicted octanol–water partition coefficient (Wildman–Crippen LogP) is 6.30. The highest BCUT2D eigenvalue weighted by Gasteiger charge is 2.43. The van der Waals surface area contributed by atoms with Crippen molar-refractivity contribution in [2.24, 2.45) is 17.3 Å². The molecule has 2 aliphatic rings. The summed E-state index contributed by atoms with van der Waals surface area (Å²) in [6.07, 6.45) is 2.59. The highest BCUT2D eigenvalue weighted by Crippen LogP contribution is 2.41. The minimum Gasteiger partial charge on any atom is -0.372 e. The number of benzene rings is 2. The number of urea groups is 1. The second kappa shape index (κ2) is 13.8. The zero-order valence-electron chi connectivity index (χ0n) is 27.0. The van der Waals surface area contributed by atoms with Crippen LogP contribution in [-0.4, -0.2) is 75.5 Å². The van der Waals surface area contributed by atoms with E-state index in [0.717, 1.165) is 43.3 Å². The molecule has 0 radical (unpaired) electrons. The van der Waals surface area contributed by atoms with Crippen molar-refractivity contribution in [1.29, 1.82) is 0 Å². The Kier molecular flexibility index (Phi) is 10.0. The second-order valence-electron chi connectivity index (χ2n) is 13.6. The van der Waals surface area contributed by atoms with E-state index in [2.05, 4.69) is 32.7 Å². The number of allylic oxidation sites excluding steroid dienone is 1. The first-order chi connectivity index (χ1) is 21.4. The number of nitrogens with zero attached hydrogens (tertiary/aromatic N) is 5. The van der Waals surface area contributed by atoms with Gasteiger partial charge < -0.3 is 19.9 Å². The Hall–Kier alpha value is -3.63. The molecule has 8 nitrogen and oxygen atoms in total. The molecule has 5 rings (SSSR count). The fraction of sp³-hybridized carbons (Fsp3) is 0.514. The van der Waals surface area contributed by atoms with Crippen LogP contribution in [-0.2, 0) is 11.3 Å². The third-order valence-electron chi connectivity index (χ3n) is 8.74. The molecule has 2 aliphatic heterocycles. The largest absolute Gasteiger partial charge is 0.372 e. The van der Waals surface area contributed by atoms with E-state index in [1.807, 2.05) is 60.1 Å². The molecule has 0 bridgehead atoms. The van der Waals surface area contributed by atoms with Crippen molar-refractivity contribution in [2.75, 3.05) is 32.7 Å². The molecule has 2 fully saturated rings. The number of amides is 2. The van der Waals surface area contributed by atoms with E-state index >= 15 is 4.39 Å². The lowest BCUT2D eigenvalue weighted by Gasteiger charge is -2.45. The second-order valence-corrected chi connectivity index (χ2v) is 13.6. The highest BCUT2D eigenvalue weighted by molar-refractivity contribution is 5.75. The molecule has 1 aromatic heterocycles. The minimum atomic E-state index is -0.611. The first-order valence-corrected chi connectivity index (χ1v) is 15.9. The Balaban J connectivity index is 1.65. The number of rotatable bonds is 9. The van der Waals surface area contributed by atoms with Gasteiger partial charge in [0, 0.05) is 19.6 Å². The fourth-order valence-electron chi connectivity index (χ4n) is 6.76. The van der Waals surface area contributed by atoms with Crippen LogP contribution in [0.2, 0.25) is 0 Å². The van der Waals surface area contributed by atoms with Gasteiger partial charge >= 0.3 is 6.03 Å². The maximum Gasteiger partial charge on any atom is 0.320 e. The Morgan fingerprint density at radius 2 is 1.80 bits per heavy atom. The van der Waals surface area contributed by atoms with Crippen LogP contribution in [0.25, 0.3) is 11.4 Å². The Morgan fingerprint density at radius 3 is 2.47 bits per heavy atom. The number of aromatic nitrogens is 3. The minimum absolute atomic E-state index is 0.0181. The van der Waals surface area contributed by atoms with E-state index in [1.54, 1.807) is 4.68 Å². The van der Waals surface area contributed by atoms with Crippen molar-refractivity contribution in [1.82, 2.24) is 29.9 Å². The van der Waals surface area contributed by atoms with E-state index in [-0.39, 0.29) is 35.5 Å². The quantitative estimate of drug-likeness (QED) is 0.284. The van der Waals surface area contributed by atoms with Gasteiger partial charge in [-0.3, -0.25) is 0 Å². The maximum atomic E-state index is 15.1. The van der Waals surface area contributed by atoms with Gasteiger partial charge in [-0.2, -0.15) is 5.10 Å². The summed E-state index contributed by atoms with van der Waals surface area (Å²) in [5, 5.41) is 8.28. The molecule has 0 spiro atoms. The SMILES string of the molecule is C=CC[C@H]1CNC[C@H]1CN(C(=O)N1C[C@@H](C)O[C@@H](C)C1)[C@@H](c1nc(-c2cc(F)ccc2F)nn1Cc1ccccc1)C(C)(C)C. The number of ether oxygens (including phenoxy) is 1. The van der Waals surface area contributed by atoms with Gasteiger partial charge in [0.25, 0.3) is 0 Å². The summed E-state index contributed by atoms with van der Waals surface area (Å²) in [6, 6.07) is 12.5. The Bertz CT molecular complexity index is 1460. The van der Waals surface area contributed by atoms with Crippen LogP contribution in [0, 0.1) is 28.9 Å². The maximum absolute atomic E-state index is 15.1. The molecule has 0 saturated carbocycles. The molecule has 2 saturated heterocycles. The molecule has 45 heavy (non-hydrogen) atoms. The number of carbonyl (C=O) groups is 1. The number of halogens is 2. The van der Waals surface area contributed by atoms with E-state index in [4.69, 9.17) is 14.8 Å². The van der Waals surface area contributed by atoms with Crippen molar-refractivity contribution in [2.45, 2.75) is 65.8 Å². The lowest BCUT2D eigenvalue weighted by molar-refractivity contribution is -0.0620. The summed E-state index contributed by atoms with van der Waals surface area (Å²) in [4.78, 5) is 23.5. The molecule has 1 N–H and O–H groups in total. The number of carbonyl (C=O) groups excluding carboxylic acids is 1. The molecular weight excluding hydrogens is 574 g/mol. The van der Waals surface area contributed by atoms with Gasteiger partial charge in [0.1, 0.15) is 11.6 Å². The van der Waals surface area contributed by atoms with Crippen LogP contribution in [0.15, 0.2) is 61.2 Å². The van der Waals surface area contributed by atoms with Crippen molar-refractivity contribution >= 4 is 6.03 Å². The first kappa shape index (κ1) is 32.8. The van der Waals surface area contributed by atoms with Gasteiger partial charge in [0.15, 0.2) is 11.6 Å². The summed E-state index contributed by atoms with van der Waals surface area (Å²) in [6.45, 7) is 17.6. The van der Waals surface area contributed by atoms with Crippen LogP contribution in [0.3, 0.4) is 0 Å². The Labute approximate surface area is 265 Å². The van der Waals surface area contributed by atoms with Crippen LogP contribution < -0.4 is 5.32 Å². The summed E-state index contributed by atoms with van der Waals surface area (Å²) in [5.41, 5.74) is 0.455. The number of nitrogens with one attached hydrogen (secondary N) is 1. The smallest absolute Gasteiger partial charge is 0.320 e. The molecule has 3 heterocycles. The van der Waals surface area contributed by atoms with Gasteiger partial charge in [0.05, 0.1) is 30.4 Å². The highest BCUT2D eigenvalue weighted by atomic mass is 19.1. The summed E-state index contributed by atoms with van der Waals surface area (Å²) in [5.74, 6) is -0.0488. The van der Waals surface area contributed by atoms with Gasteiger partial charge in [0.2, 0.25) is 0 Å². The number of hydrogen-bond acceptors (Lipinski definition) is 5. The third-order valence-corrected chi connectivity index (χ3v) is 8.74. The molecule has 0 unspecified atom stereocenters. The molecule has 10 heteroatoms.